The molecule has 4 heteroatoms. The molecule has 0 radical (unpaired) electrons. The summed E-state index contributed by atoms with van der Waals surface area (Å²) < 4.78 is 0. The number of nitriles is 1. The summed E-state index contributed by atoms with van der Waals surface area (Å²) in [5.41, 5.74) is 3.07. The van der Waals surface area contributed by atoms with E-state index in [4.69, 9.17) is 5.26 Å². The minimum absolute atomic E-state index is 0.0495. The van der Waals surface area contributed by atoms with Crippen molar-refractivity contribution in [3.05, 3.63) is 39.7 Å². The second-order valence-corrected chi connectivity index (χ2v) is 4.49. The van der Waals surface area contributed by atoms with Crippen molar-refractivity contribution in [1.82, 2.24) is 4.98 Å². The molecule has 0 unspecified atom stereocenters. The van der Waals surface area contributed by atoms with Gasteiger partial charge in [-0.15, -0.1) is 0 Å². The Bertz CT molecular complexity index is 692. The fraction of sp³-hybridized carbons (Fsp3) is 0.286. The monoisotopic (exact) mass is 241 g/mol. The van der Waals surface area contributed by atoms with Crippen LogP contribution >= 0.6 is 0 Å². The van der Waals surface area contributed by atoms with E-state index in [0.29, 0.717) is 10.9 Å². The van der Waals surface area contributed by atoms with Gasteiger partial charge in [0.05, 0.1) is 23.7 Å². The van der Waals surface area contributed by atoms with Gasteiger partial charge in [-0.2, -0.15) is 5.26 Å². The van der Waals surface area contributed by atoms with Crippen LogP contribution in [0.15, 0.2) is 23.0 Å². The van der Waals surface area contributed by atoms with E-state index in [9.17, 15) is 4.79 Å². The number of para-hydroxylation sites is 1. The summed E-state index contributed by atoms with van der Waals surface area (Å²) in [6, 6.07) is 7.65. The Kier molecular flexibility index (Phi) is 3.07. The summed E-state index contributed by atoms with van der Waals surface area (Å²) in [6.07, 6.45) is 0.142. The highest BCUT2D eigenvalue weighted by Gasteiger charge is 2.11. The van der Waals surface area contributed by atoms with Gasteiger partial charge in [0.25, 0.3) is 0 Å². The average molecular weight is 241 g/mol. The van der Waals surface area contributed by atoms with E-state index in [1.54, 1.807) is 6.07 Å². The first-order valence-electron chi connectivity index (χ1n) is 5.75. The van der Waals surface area contributed by atoms with E-state index in [0.717, 1.165) is 16.9 Å². The van der Waals surface area contributed by atoms with E-state index in [2.05, 4.69) is 4.98 Å². The third-order valence-corrected chi connectivity index (χ3v) is 3.06. The van der Waals surface area contributed by atoms with Crippen molar-refractivity contribution < 1.29 is 0 Å². The van der Waals surface area contributed by atoms with E-state index >= 15 is 0 Å². The number of nitrogens with zero attached hydrogens (tertiary/aromatic N) is 2. The predicted molar refractivity (Wildman–Crippen MR) is 72.9 cm³/mol. The second-order valence-electron chi connectivity index (χ2n) is 4.49. The van der Waals surface area contributed by atoms with Crippen molar-refractivity contribution in [3.8, 4) is 6.07 Å². The molecule has 1 heterocycles. The summed E-state index contributed by atoms with van der Waals surface area (Å²) in [5, 5.41) is 9.41. The number of aryl methyl sites for hydroxylation is 1. The first-order chi connectivity index (χ1) is 8.56. The molecule has 1 N–H and O–H groups in total. The Balaban J connectivity index is 2.87. The van der Waals surface area contributed by atoms with Crippen molar-refractivity contribution in [3.63, 3.8) is 0 Å². The Labute approximate surface area is 105 Å². The predicted octanol–water partition coefficient (Wildman–Crippen LogP) is 1.97. The van der Waals surface area contributed by atoms with Gasteiger partial charge in [-0.05, 0) is 19.1 Å². The van der Waals surface area contributed by atoms with E-state index in [1.807, 2.05) is 44.1 Å². The quantitative estimate of drug-likeness (QED) is 0.874. The molecule has 0 saturated heterocycles. The molecule has 0 bridgehead atoms. The van der Waals surface area contributed by atoms with Crippen LogP contribution in [0.3, 0.4) is 0 Å². The van der Waals surface area contributed by atoms with Gasteiger partial charge in [0.15, 0.2) is 5.43 Å². The molecule has 2 rings (SSSR count). The van der Waals surface area contributed by atoms with Crippen molar-refractivity contribution in [2.45, 2.75) is 13.3 Å². The van der Waals surface area contributed by atoms with Gasteiger partial charge in [-0.25, -0.2) is 0 Å². The molecule has 4 nitrogen and oxygen atoms in total. The minimum atomic E-state index is -0.0495. The molecule has 0 aliphatic rings. The van der Waals surface area contributed by atoms with Crippen LogP contribution in [0.2, 0.25) is 0 Å². The molecule has 0 saturated carbocycles. The number of hydrogen-bond acceptors (Lipinski definition) is 3. The van der Waals surface area contributed by atoms with Crippen LogP contribution in [-0.4, -0.2) is 19.1 Å². The average Bonchev–Trinajstić information content (AvgIpc) is 2.33. The fourth-order valence-corrected chi connectivity index (χ4v) is 2.12. The van der Waals surface area contributed by atoms with Gasteiger partial charge >= 0.3 is 0 Å². The van der Waals surface area contributed by atoms with E-state index in [1.165, 1.54) is 0 Å². The maximum atomic E-state index is 12.3. The fourth-order valence-electron chi connectivity index (χ4n) is 2.12. The number of benzene rings is 1. The van der Waals surface area contributed by atoms with E-state index < -0.39 is 0 Å². The molecule has 0 aliphatic heterocycles. The molecule has 0 fully saturated rings. The van der Waals surface area contributed by atoms with Crippen LogP contribution < -0.4 is 10.3 Å². The summed E-state index contributed by atoms with van der Waals surface area (Å²) in [5.74, 6) is 0. The number of fused-ring (bicyclic) bond motifs is 1. The Morgan fingerprint density at radius 1 is 1.39 bits per heavy atom. The number of anilines is 1. The standard InChI is InChI=1S/C14H15N3O/c1-9-10(7-8-15)14(18)11-5-4-6-12(17(2)3)13(11)16-9/h4-6H,7H2,1-3H3,(H,16,18). The van der Waals surface area contributed by atoms with Gasteiger partial charge < -0.3 is 9.88 Å². The number of H-pyrrole nitrogens is 1. The highest BCUT2D eigenvalue weighted by atomic mass is 16.1. The normalized spacial score (nSPS) is 10.3. The number of hydrogen-bond donors (Lipinski definition) is 1. The van der Waals surface area contributed by atoms with Crippen molar-refractivity contribution in [2.24, 2.45) is 0 Å². The van der Waals surface area contributed by atoms with Crippen LogP contribution in [-0.2, 0) is 6.42 Å². The zero-order valence-electron chi connectivity index (χ0n) is 10.7. The maximum absolute atomic E-state index is 12.3. The molecule has 0 atom stereocenters. The number of nitrogens with one attached hydrogen (secondary N) is 1. The molecule has 0 amide bonds. The topological polar surface area (TPSA) is 59.9 Å². The van der Waals surface area contributed by atoms with E-state index in [-0.39, 0.29) is 11.8 Å². The van der Waals surface area contributed by atoms with Crippen LogP contribution in [0.5, 0.6) is 0 Å². The zero-order valence-corrected chi connectivity index (χ0v) is 10.7. The molecule has 2 aromatic rings. The third-order valence-electron chi connectivity index (χ3n) is 3.06. The van der Waals surface area contributed by atoms with Crippen LogP contribution in [0.1, 0.15) is 11.3 Å². The highest BCUT2D eigenvalue weighted by Crippen LogP contribution is 2.22. The van der Waals surface area contributed by atoms with Gasteiger partial charge in [0.1, 0.15) is 0 Å². The molecule has 0 spiro atoms. The van der Waals surface area contributed by atoms with Crippen LogP contribution in [0, 0.1) is 18.3 Å². The van der Waals surface area contributed by atoms with Crippen LogP contribution in [0.4, 0.5) is 5.69 Å². The molecule has 0 aliphatic carbocycles. The first kappa shape index (κ1) is 12.2. The van der Waals surface area contributed by atoms with Crippen molar-refractivity contribution in [2.75, 3.05) is 19.0 Å². The molecule has 18 heavy (non-hydrogen) atoms. The SMILES string of the molecule is Cc1[nH]c2c(N(C)C)cccc2c(=O)c1CC#N. The smallest absolute Gasteiger partial charge is 0.193 e. The van der Waals surface area contributed by atoms with Gasteiger partial charge in [0.2, 0.25) is 0 Å². The zero-order chi connectivity index (χ0) is 13.3. The van der Waals surface area contributed by atoms with Gasteiger partial charge in [0, 0.05) is 30.7 Å². The molecular formula is C14H15N3O. The number of aromatic nitrogens is 1. The first-order valence-corrected chi connectivity index (χ1v) is 5.75. The third kappa shape index (κ3) is 1.84. The van der Waals surface area contributed by atoms with Crippen molar-refractivity contribution >= 4 is 16.6 Å². The van der Waals surface area contributed by atoms with Gasteiger partial charge in [-0.3, -0.25) is 4.79 Å². The highest BCUT2D eigenvalue weighted by molar-refractivity contribution is 5.91. The van der Waals surface area contributed by atoms with Crippen molar-refractivity contribution in [1.29, 1.82) is 5.26 Å². The molecular weight excluding hydrogens is 226 g/mol. The minimum Gasteiger partial charge on any atom is -0.376 e. The van der Waals surface area contributed by atoms with Crippen LogP contribution in [0.25, 0.3) is 10.9 Å². The number of rotatable bonds is 2. The largest absolute Gasteiger partial charge is 0.376 e. The summed E-state index contributed by atoms with van der Waals surface area (Å²) >= 11 is 0. The summed E-state index contributed by atoms with van der Waals surface area (Å²) in [7, 11) is 3.87. The number of pyridine rings is 1. The molecule has 92 valence electrons. The maximum Gasteiger partial charge on any atom is 0.193 e. The summed E-state index contributed by atoms with van der Waals surface area (Å²) in [4.78, 5) is 17.5. The van der Waals surface area contributed by atoms with Gasteiger partial charge in [-0.1, -0.05) is 6.07 Å². The lowest BCUT2D eigenvalue weighted by atomic mass is 10.1. The second kappa shape index (κ2) is 4.53. The lowest BCUT2D eigenvalue weighted by Gasteiger charge is -2.16. The Morgan fingerprint density at radius 3 is 2.72 bits per heavy atom. The Morgan fingerprint density at radius 2 is 2.11 bits per heavy atom. The number of aromatic amines is 1. The Hall–Kier alpha value is -2.28. The molecule has 1 aromatic carbocycles. The summed E-state index contributed by atoms with van der Waals surface area (Å²) in [6.45, 7) is 1.83. The lowest BCUT2D eigenvalue weighted by molar-refractivity contribution is 1.10. The lowest BCUT2D eigenvalue weighted by Crippen LogP contribution is -2.16. The molecule has 1 aromatic heterocycles.